The first-order valence-corrected chi connectivity index (χ1v) is 7.88. The number of aromatic nitrogens is 1. The van der Waals surface area contributed by atoms with Gasteiger partial charge >= 0.3 is 10.2 Å². The summed E-state index contributed by atoms with van der Waals surface area (Å²) in [4.78, 5) is 17.4. The second kappa shape index (κ2) is 4.93. The fourth-order valence-corrected chi connectivity index (χ4v) is 3.47. The lowest BCUT2D eigenvalue weighted by molar-refractivity contribution is -0.128. The van der Waals surface area contributed by atoms with E-state index in [1.807, 2.05) is 12.3 Å². The third kappa shape index (κ3) is 3.49. The molecule has 1 aliphatic rings. The molecular weight excluding hydrogens is 279 g/mol. The van der Waals surface area contributed by atoms with Crippen LogP contribution in [0, 0.1) is 12.8 Å². The molecule has 0 saturated carbocycles. The molecule has 8 heteroatoms. The Bertz CT molecular complexity index is 555. The van der Waals surface area contributed by atoms with Crippen LogP contribution in [-0.2, 0) is 21.6 Å². The summed E-state index contributed by atoms with van der Waals surface area (Å²) in [6.07, 6.45) is 0.0896. The van der Waals surface area contributed by atoms with Gasteiger partial charge in [-0.05, 0) is 6.92 Å². The van der Waals surface area contributed by atoms with Gasteiger partial charge in [-0.15, -0.1) is 15.2 Å². The Morgan fingerprint density at radius 2 is 2.33 bits per heavy atom. The zero-order valence-electron chi connectivity index (χ0n) is 9.80. The maximum absolute atomic E-state index is 12.6. The van der Waals surface area contributed by atoms with Crippen LogP contribution in [-0.4, -0.2) is 36.5 Å². The van der Waals surface area contributed by atoms with Crippen LogP contribution in [0.2, 0.25) is 0 Å². The standard InChI is InChI=1S/C10H13FN2O3S2/c1-7-12-9(5-17-7)4-13-3-8(2-10(13)14)6-18(11,15)16/h5,8H,2-4,6H2,1H3. The van der Waals surface area contributed by atoms with E-state index < -0.39 is 21.9 Å². The first kappa shape index (κ1) is 13.4. The van der Waals surface area contributed by atoms with Gasteiger partial charge in [-0.25, -0.2) is 4.98 Å². The van der Waals surface area contributed by atoms with E-state index in [-0.39, 0.29) is 18.9 Å². The van der Waals surface area contributed by atoms with Gasteiger partial charge in [-0.1, -0.05) is 0 Å². The monoisotopic (exact) mass is 292 g/mol. The molecule has 2 rings (SSSR count). The molecule has 1 aromatic rings. The van der Waals surface area contributed by atoms with E-state index in [2.05, 4.69) is 4.98 Å². The van der Waals surface area contributed by atoms with E-state index in [4.69, 9.17) is 0 Å². The number of nitrogens with zero attached hydrogens (tertiary/aromatic N) is 2. The van der Waals surface area contributed by atoms with Crippen molar-refractivity contribution >= 4 is 27.5 Å². The number of hydrogen-bond acceptors (Lipinski definition) is 5. The first-order valence-electron chi connectivity index (χ1n) is 5.44. The molecule has 1 atom stereocenters. The second-order valence-electron chi connectivity index (χ2n) is 4.41. The normalized spacial score (nSPS) is 20.7. The lowest BCUT2D eigenvalue weighted by Crippen LogP contribution is -2.25. The van der Waals surface area contributed by atoms with Gasteiger partial charge < -0.3 is 4.90 Å². The van der Waals surface area contributed by atoms with Crippen molar-refractivity contribution < 1.29 is 17.1 Å². The maximum atomic E-state index is 12.6. The number of aryl methyl sites for hydroxylation is 1. The van der Waals surface area contributed by atoms with Crippen molar-refractivity contribution in [1.82, 2.24) is 9.88 Å². The summed E-state index contributed by atoms with van der Waals surface area (Å²) in [6.45, 7) is 2.52. The molecule has 0 aliphatic carbocycles. The molecule has 5 nitrogen and oxygen atoms in total. The Morgan fingerprint density at radius 3 is 2.89 bits per heavy atom. The number of amides is 1. The largest absolute Gasteiger partial charge is 0.336 e. The summed E-state index contributed by atoms with van der Waals surface area (Å²) in [6, 6.07) is 0. The Kier molecular flexibility index (Phi) is 3.67. The number of halogens is 1. The number of hydrogen-bond donors (Lipinski definition) is 0. The highest BCUT2D eigenvalue weighted by atomic mass is 32.3. The number of carbonyl (C=O) groups excluding carboxylic acids is 1. The molecule has 0 bridgehead atoms. The minimum absolute atomic E-state index is 0.0896. The van der Waals surface area contributed by atoms with Gasteiger partial charge in [0.1, 0.15) is 0 Å². The molecule has 18 heavy (non-hydrogen) atoms. The fraction of sp³-hybridized carbons (Fsp3) is 0.600. The van der Waals surface area contributed by atoms with E-state index in [0.717, 1.165) is 10.7 Å². The van der Waals surface area contributed by atoms with Crippen LogP contribution in [0.5, 0.6) is 0 Å². The summed E-state index contributed by atoms with van der Waals surface area (Å²) >= 11 is 1.49. The highest BCUT2D eigenvalue weighted by molar-refractivity contribution is 7.86. The minimum Gasteiger partial charge on any atom is -0.336 e. The molecule has 1 fully saturated rings. The van der Waals surface area contributed by atoms with Crippen molar-refractivity contribution in [2.45, 2.75) is 19.9 Å². The van der Waals surface area contributed by atoms with Crippen LogP contribution in [0.25, 0.3) is 0 Å². The second-order valence-corrected chi connectivity index (χ2v) is 6.88. The molecule has 1 saturated heterocycles. The summed E-state index contributed by atoms with van der Waals surface area (Å²) in [5.41, 5.74) is 0.787. The summed E-state index contributed by atoms with van der Waals surface area (Å²) in [5, 5.41) is 2.78. The van der Waals surface area contributed by atoms with Crippen LogP contribution in [0.3, 0.4) is 0 Å². The highest BCUT2D eigenvalue weighted by Gasteiger charge is 2.32. The Morgan fingerprint density at radius 1 is 1.61 bits per heavy atom. The molecular formula is C10H13FN2O3S2. The molecule has 0 spiro atoms. The van der Waals surface area contributed by atoms with E-state index in [1.165, 1.54) is 16.2 Å². The molecule has 2 heterocycles. The van der Waals surface area contributed by atoms with Crippen LogP contribution in [0.1, 0.15) is 17.1 Å². The van der Waals surface area contributed by atoms with Gasteiger partial charge in [0, 0.05) is 24.3 Å². The van der Waals surface area contributed by atoms with Crippen molar-refractivity contribution in [3.05, 3.63) is 16.1 Å². The van der Waals surface area contributed by atoms with Gasteiger partial charge in [0.15, 0.2) is 0 Å². The number of carbonyl (C=O) groups is 1. The number of rotatable bonds is 4. The molecule has 1 aromatic heterocycles. The third-order valence-electron chi connectivity index (χ3n) is 2.75. The van der Waals surface area contributed by atoms with E-state index >= 15 is 0 Å². The lowest BCUT2D eigenvalue weighted by atomic mass is 10.1. The average molecular weight is 292 g/mol. The maximum Gasteiger partial charge on any atom is 0.302 e. The van der Waals surface area contributed by atoms with Gasteiger partial charge in [-0.2, -0.15) is 8.42 Å². The molecule has 0 aromatic carbocycles. The minimum atomic E-state index is -4.52. The van der Waals surface area contributed by atoms with E-state index in [0.29, 0.717) is 6.54 Å². The molecule has 0 radical (unpaired) electrons. The molecule has 1 unspecified atom stereocenters. The average Bonchev–Trinajstić information content (AvgIpc) is 2.73. The molecule has 100 valence electrons. The van der Waals surface area contributed by atoms with Gasteiger partial charge in [-0.3, -0.25) is 4.79 Å². The fourth-order valence-electron chi connectivity index (χ4n) is 2.08. The molecule has 1 amide bonds. The lowest BCUT2D eigenvalue weighted by Gasteiger charge is -2.14. The zero-order chi connectivity index (χ0) is 13.3. The summed E-state index contributed by atoms with van der Waals surface area (Å²) in [7, 11) is -4.52. The van der Waals surface area contributed by atoms with Crippen molar-refractivity contribution in [1.29, 1.82) is 0 Å². The Balaban J connectivity index is 1.97. The van der Waals surface area contributed by atoms with Crippen LogP contribution >= 0.6 is 11.3 Å². The van der Waals surface area contributed by atoms with Crippen molar-refractivity contribution in [2.24, 2.45) is 5.92 Å². The Hall–Kier alpha value is -1.02. The van der Waals surface area contributed by atoms with Crippen LogP contribution in [0.4, 0.5) is 3.89 Å². The van der Waals surface area contributed by atoms with Gasteiger partial charge in [0.05, 0.1) is 23.0 Å². The first-order chi connectivity index (χ1) is 8.33. The summed E-state index contributed by atoms with van der Waals surface area (Å²) < 4.78 is 33.7. The van der Waals surface area contributed by atoms with Gasteiger partial charge in [0.2, 0.25) is 5.91 Å². The van der Waals surface area contributed by atoms with Crippen LogP contribution in [0.15, 0.2) is 5.38 Å². The number of thiazole rings is 1. The van der Waals surface area contributed by atoms with E-state index in [9.17, 15) is 17.1 Å². The van der Waals surface area contributed by atoms with Crippen LogP contribution < -0.4 is 0 Å². The number of likely N-dealkylation sites (tertiary alicyclic amines) is 1. The predicted molar refractivity (Wildman–Crippen MR) is 65.3 cm³/mol. The predicted octanol–water partition coefficient (Wildman–Crippen LogP) is 1.10. The van der Waals surface area contributed by atoms with E-state index in [1.54, 1.807) is 0 Å². The SMILES string of the molecule is Cc1nc(CN2CC(CS(=O)(=O)F)CC2=O)cs1. The van der Waals surface area contributed by atoms with Crippen molar-refractivity contribution in [3.63, 3.8) is 0 Å². The quantitative estimate of drug-likeness (QED) is 0.779. The Labute approximate surface area is 109 Å². The third-order valence-corrected chi connectivity index (χ3v) is 4.44. The van der Waals surface area contributed by atoms with Crippen molar-refractivity contribution in [3.8, 4) is 0 Å². The smallest absolute Gasteiger partial charge is 0.302 e. The van der Waals surface area contributed by atoms with Crippen molar-refractivity contribution in [2.75, 3.05) is 12.3 Å². The molecule has 0 N–H and O–H groups in total. The zero-order valence-corrected chi connectivity index (χ0v) is 11.4. The topological polar surface area (TPSA) is 67.3 Å². The summed E-state index contributed by atoms with van der Waals surface area (Å²) in [5.74, 6) is -1.17. The highest BCUT2D eigenvalue weighted by Crippen LogP contribution is 2.22. The molecule has 1 aliphatic heterocycles. The van der Waals surface area contributed by atoms with Gasteiger partial charge in [0.25, 0.3) is 0 Å².